The second kappa shape index (κ2) is 5.51. The number of nitrogens with one attached hydrogen (secondary N) is 1. The third kappa shape index (κ3) is 5.36. The van der Waals surface area contributed by atoms with Gasteiger partial charge in [0.1, 0.15) is 6.61 Å². The van der Waals surface area contributed by atoms with Crippen LogP contribution in [0.3, 0.4) is 0 Å². The van der Waals surface area contributed by atoms with Gasteiger partial charge in [0.05, 0.1) is 0 Å². The standard InChI is InChI=1S/C12H17NO3/c1-12(2,3)13-11(14)16-15-9-10-7-5-4-6-8-10/h4-8H,9H2,1-3H3,(H,13,14). The van der Waals surface area contributed by atoms with Crippen molar-refractivity contribution in [3.8, 4) is 0 Å². The Morgan fingerprint density at radius 2 is 1.88 bits per heavy atom. The average Bonchev–Trinajstić information content (AvgIpc) is 2.16. The van der Waals surface area contributed by atoms with Gasteiger partial charge in [0.2, 0.25) is 0 Å². The van der Waals surface area contributed by atoms with E-state index in [1.54, 1.807) is 0 Å². The molecule has 1 amide bonds. The van der Waals surface area contributed by atoms with Crippen LogP contribution < -0.4 is 5.32 Å². The van der Waals surface area contributed by atoms with E-state index in [9.17, 15) is 4.79 Å². The Labute approximate surface area is 95.5 Å². The quantitative estimate of drug-likeness (QED) is 0.633. The predicted octanol–water partition coefficient (Wildman–Crippen LogP) is 2.64. The molecule has 16 heavy (non-hydrogen) atoms. The molecule has 1 aromatic rings. The van der Waals surface area contributed by atoms with Crippen molar-refractivity contribution in [3.05, 3.63) is 35.9 Å². The molecule has 0 saturated carbocycles. The first kappa shape index (κ1) is 12.5. The molecule has 0 unspecified atom stereocenters. The fraction of sp³-hybridized carbons (Fsp3) is 0.417. The summed E-state index contributed by atoms with van der Waals surface area (Å²) in [5, 5.41) is 2.62. The molecular weight excluding hydrogens is 206 g/mol. The maximum atomic E-state index is 11.2. The highest BCUT2D eigenvalue weighted by Crippen LogP contribution is 2.02. The van der Waals surface area contributed by atoms with Crippen LogP contribution in [0.25, 0.3) is 0 Å². The number of carbonyl (C=O) groups excluding carboxylic acids is 1. The largest absolute Gasteiger partial charge is 0.439 e. The molecule has 0 aliphatic rings. The Hall–Kier alpha value is -1.55. The van der Waals surface area contributed by atoms with Crippen molar-refractivity contribution in [1.82, 2.24) is 5.32 Å². The number of hydrogen-bond donors (Lipinski definition) is 1. The number of hydrogen-bond acceptors (Lipinski definition) is 3. The number of amides is 1. The van der Waals surface area contributed by atoms with Crippen LogP contribution in [0, 0.1) is 0 Å². The van der Waals surface area contributed by atoms with Crippen LogP contribution in [-0.4, -0.2) is 11.6 Å². The van der Waals surface area contributed by atoms with Gasteiger partial charge in [0.25, 0.3) is 0 Å². The summed E-state index contributed by atoms with van der Waals surface area (Å²) in [7, 11) is 0. The van der Waals surface area contributed by atoms with E-state index >= 15 is 0 Å². The molecule has 0 aliphatic heterocycles. The molecule has 0 atom stereocenters. The second-order valence-corrected chi connectivity index (χ2v) is 4.49. The smallest absolute Gasteiger partial charge is 0.315 e. The molecule has 1 aromatic carbocycles. The maximum absolute atomic E-state index is 11.2. The summed E-state index contributed by atoms with van der Waals surface area (Å²) in [6.45, 7) is 5.85. The first-order valence-corrected chi connectivity index (χ1v) is 5.13. The van der Waals surface area contributed by atoms with Crippen LogP contribution in [-0.2, 0) is 16.4 Å². The van der Waals surface area contributed by atoms with E-state index in [1.165, 1.54) is 0 Å². The number of rotatable bonds is 3. The van der Waals surface area contributed by atoms with Crippen LogP contribution in [0.4, 0.5) is 4.79 Å². The fourth-order valence-electron chi connectivity index (χ4n) is 1.05. The van der Waals surface area contributed by atoms with Gasteiger partial charge in [0, 0.05) is 5.54 Å². The van der Waals surface area contributed by atoms with Gasteiger partial charge in [-0.3, -0.25) is 4.89 Å². The zero-order valence-electron chi connectivity index (χ0n) is 9.82. The SMILES string of the molecule is CC(C)(C)NC(=O)OOCc1ccccc1. The van der Waals surface area contributed by atoms with E-state index in [1.807, 2.05) is 51.1 Å². The van der Waals surface area contributed by atoms with Crippen molar-refractivity contribution in [2.45, 2.75) is 32.9 Å². The van der Waals surface area contributed by atoms with Crippen LogP contribution in [0.5, 0.6) is 0 Å². The van der Waals surface area contributed by atoms with Crippen LogP contribution in [0.1, 0.15) is 26.3 Å². The van der Waals surface area contributed by atoms with Gasteiger partial charge >= 0.3 is 6.09 Å². The molecule has 0 fully saturated rings. The molecule has 0 radical (unpaired) electrons. The summed E-state index contributed by atoms with van der Waals surface area (Å²) < 4.78 is 0. The number of benzene rings is 1. The normalized spacial score (nSPS) is 10.9. The third-order valence-electron chi connectivity index (χ3n) is 1.68. The lowest BCUT2D eigenvalue weighted by molar-refractivity contribution is -0.249. The molecule has 0 aliphatic carbocycles. The van der Waals surface area contributed by atoms with E-state index in [0.717, 1.165) is 5.56 Å². The fourth-order valence-corrected chi connectivity index (χ4v) is 1.05. The highest BCUT2D eigenvalue weighted by Gasteiger charge is 2.15. The van der Waals surface area contributed by atoms with Crippen molar-refractivity contribution < 1.29 is 14.6 Å². The summed E-state index contributed by atoms with van der Waals surface area (Å²) in [5.41, 5.74) is 0.624. The summed E-state index contributed by atoms with van der Waals surface area (Å²) in [5.74, 6) is 0. The monoisotopic (exact) mass is 223 g/mol. The lowest BCUT2D eigenvalue weighted by atomic mass is 10.1. The lowest BCUT2D eigenvalue weighted by Gasteiger charge is -2.18. The van der Waals surface area contributed by atoms with Crippen LogP contribution in [0.2, 0.25) is 0 Å². The third-order valence-corrected chi connectivity index (χ3v) is 1.68. The van der Waals surface area contributed by atoms with Crippen molar-refractivity contribution in [2.75, 3.05) is 0 Å². The molecule has 0 aromatic heterocycles. The Bertz CT molecular complexity index is 330. The predicted molar refractivity (Wildman–Crippen MR) is 60.6 cm³/mol. The van der Waals surface area contributed by atoms with Crippen molar-refractivity contribution in [2.24, 2.45) is 0 Å². The molecule has 4 heteroatoms. The average molecular weight is 223 g/mol. The minimum absolute atomic E-state index is 0.248. The van der Waals surface area contributed by atoms with Gasteiger partial charge in [-0.25, -0.2) is 4.79 Å². The highest BCUT2D eigenvalue weighted by atomic mass is 17.2. The molecule has 0 saturated heterocycles. The van der Waals surface area contributed by atoms with Gasteiger partial charge < -0.3 is 5.32 Å². The first-order chi connectivity index (χ1) is 7.47. The first-order valence-electron chi connectivity index (χ1n) is 5.13. The molecule has 1 N–H and O–H groups in total. The Balaban J connectivity index is 2.24. The van der Waals surface area contributed by atoms with Gasteiger partial charge in [-0.2, -0.15) is 4.89 Å². The highest BCUT2D eigenvalue weighted by molar-refractivity contribution is 5.67. The Morgan fingerprint density at radius 1 is 1.25 bits per heavy atom. The van der Waals surface area contributed by atoms with Gasteiger partial charge in [-0.15, -0.1) is 0 Å². The summed E-state index contributed by atoms with van der Waals surface area (Å²) in [6, 6.07) is 9.49. The maximum Gasteiger partial charge on any atom is 0.439 e. The summed E-state index contributed by atoms with van der Waals surface area (Å²) in [4.78, 5) is 20.6. The molecule has 1 rings (SSSR count). The lowest BCUT2D eigenvalue weighted by Crippen LogP contribution is -2.40. The summed E-state index contributed by atoms with van der Waals surface area (Å²) >= 11 is 0. The van der Waals surface area contributed by atoms with Gasteiger partial charge in [-0.1, -0.05) is 30.3 Å². The van der Waals surface area contributed by atoms with E-state index in [0.29, 0.717) is 0 Å². The Morgan fingerprint density at radius 3 is 2.44 bits per heavy atom. The zero-order chi connectivity index (χ0) is 12.0. The molecule has 4 nitrogen and oxygen atoms in total. The van der Waals surface area contributed by atoms with Crippen molar-refractivity contribution >= 4 is 6.09 Å². The molecule has 0 spiro atoms. The topological polar surface area (TPSA) is 47.6 Å². The van der Waals surface area contributed by atoms with Crippen LogP contribution in [0.15, 0.2) is 30.3 Å². The molecule has 0 bridgehead atoms. The summed E-state index contributed by atoms with van der Waals surface area (Å²) in [6.07, 6.45) is -0.580. The Kier molecular flexibility index (Phi) is 4.31. The van der Waals surface area contributed by atoms with Crippen molar-refractivity contribution in [3.63, 3.8) is 0 Å². The van der Waals surface area contributed by atoms with Crippen molar-refractivity contribution in [1.29, 1.82) is 0 Å². The molecule has 88 valence electrons. The minimum Gasteiger partial charge on any atom is -0.315 e. The molecular formula is C12H17NO3. The van der Waals surface area contributed by atoms with E-state index in [4.69, 9.17) is 4.89 Å². The minimum atomic E-state index is -0.580. The second-order valence-electron chi connectivity index (χ2n) is 4.49. The number of carbonyl (C=O) groups is 1. The zero-order valence-corrected chi connectivity index (χ0v) is 9.82. The van der Waals surface area contributed by atoms with Gasteiger partial charge in [0.15, 0.2) is 0 Å². The van der Waals surface area contributed by atoms with E-state index in [-0.39, 0.29) is 12.1 Å². The van der Waals surface area contributed by atoms with Gasteiger partial charge in [-0.05, 0) is 26.3 Å². The van der Waals surface area contributed by atoms with E-state index < -0.39 is 6.09 Å². The van der Waals surface area contributed by atoms with E-state index in [2.05, 4.69) is 10.2 Å². The van der Waals surface area contributed by atoms with Crippen LogP contribution >= 0.6 is 0 Å². The molecule has 0 heterocycles.